The van der Waals surface area contributed by atoms with Gasteiger partial charge in [0.05, 0.1) is 25.4 Å². The van der Waals surface area contributed by atoms with Gasteiger partial charge in [-0.25, -0.2) is 5.01 Å². The third kappa shape index (κ3) is 4.37. The molecule has 0 bridgehead atoms. The lowest BCUT2D eigenvalue weighted by Gasteiger charge is -2.26. The van der Waals surface area contributed by atoms with Gasteiger partial charge in [0.15, 0.2) is 0 Å². The molecule has 1 amide bonds. The summed E-state index contributed by atoms with van der Waals surface area (Å²) in [7, 11) is 3.59. The largest absolute Gasteiger partial charge is 0.496 e. The molecule has 1 unspecified atom stereocenters. The van der Waals surface area contributed by atoms with Crippen molar-refractivity contribution in [3.8, 4) is 5.75 Å². The Morgan fingerprint density at radius 2 is 1.78 bits per heavy atom. The fourth-order valence-electron chi connectivity index (χ4n) is 4.27. The molecule has 3 aromatic rings. The summed E-state index contributed by atoms with van der Waals surface area (Å²) >= 11 is 0. The number of hydrogen-bond acceptors (Lipinski definition) is 4. The van der Waals surface area contributed by atoms with Crippen molar-refractivity contribution in [3.05, 3.63) is 95.1 Å². The van der Waals surface area contributed by atoms with E-state index in [4.69, 9.17) is 9.84 Å². The van der Waals surface area contributed by atoms with Crippen molar-refractivity contribution >= 4 is 17.3 Å². The van der Waals surface area contributed by atoms with Gasteiger partial charge in [-0.15, -0.1) is 0 Å². The van der Waals surface area contributed by atoms with Gasteiger partial charge in [0.2, 0.25) is 0 Å². The highest BCUT2D eigenvalue weighted by Gasteiger charge is 2.35. The highest BCUT2D eigenvalue weighted by atomic mass is 16.5. The number of methoxy groups -OCH3 is 1. The number of aryl methyl sites for hydroxylation is 2. The molecule has 0 fully saturated rings. The Morgan fingerprint density at radius 3 is 2.50 bits per heavy atom. The summed E-state index contributed by atoms with van der Waals surface area (Å²) in [6, 6.07) is 23.9. The number of rotatable bonds is 6. The van der Waals surface area contributed by atoms with Crippen molar-refractivity contribution in [1.29, 1.82) is 0 Å². The van der Waals surface area contributed by atoms with Gasteiger partial charge in [-0.3, -0.25) is 4.79 Å². The van der Waals surface area contributed by atoms with E-state index in [1.165, 1.54) is 11.1 Å². The maximum Gasteiger partial charge on any atom is 0.262 e. The molecule has 1 aliphatic rings. The summed E-state index contributed by atoms with van der Waals surface area (Å²) < 4.78 is 5.62. The minimum Gasteiger partial charge on any atom is -0.496 e. The number of amides is 1. The number of anilines is 1. The monoisotopic (exact) mass is 427 g/mol. The molecule has 5 heteroatoms. The summed E-state index contributed by atoms with van der Waals surface area (Å²) in [5.74, 6) is 0.718. The molecule has 0 spiro atoms. The Balaban J connectivity index is 1.68. The summed E-state index contributed by atoms with van der Waals surface area (Å²) in [6.45, 7) is 4.41. The SMILES string of the molecule is COc1ccccc1C1CC(c2ccc(C)cc2C)=NN1C(=O)CN(C)c1ccccc1. The second-order valence-corrected chi connectivity index (χ2v) is 8.26. The molecule has 0 saturated heterocycles. The van der Waals surface area contributed by atoms with Crippen LogP contribution in [0.5, 0.6) is 5.75 Å². The van der Waals surface area contributed by atoms with Crippen molar-refractivity contribution < 1.29 is 9.53 Å². The molecule has 0 saturated carbocycles. The first-order valence-corrected chi connectivity index (χ1v) is 10.8. The summed E-state index contributed by atoms with van der Waals surface area (Å²) in [5.41, 5.74) is 6.35. The van der Waals surface area contributed by atoms with E-state index in [-0.39, 0.29) is 18.5 Å². The lowest BCUT2D eigenvalue weighted by atomic mass is 9.95. The van der Waals surface area contributed by atoms with Crippen LogP contribution in [0.25, 0.3) is 0 Å². The number of para-hydroxylation sites is 2. The van der Waals surface area contributed by atoms with Gasteiger partial charge in [-0.05, 0) is 37.6 Å². The highest BCUT2D eigenvalue weighted by molar-refractivity contribution is 6.04. The number of benzene rings is 3. The molecule has 0 aromatic heterocycles. The fourth-order valence-corrected chi connectivity index (χ4v) is 4.27. The number of carbonyl (C=O) groups is 1. The zero-order valence-electron chi connectivity index (χ0n) is 19.1. The van der Waals surface area contributed by atoms with E-state index in [9.17, 15) is 4.79 Å². The number of carbonyl (C=O) groups excluding carboxylic acids is 1. The van der Waals surface area contributed by atoms with Gasteiger partial charge in [0.1, 0.15) is 5.75 Å². The van der Waals surface area contributed by atoms with Gasteiger partial charge in [-0.1, -0.05) is 60.2 Å². The van der Waals surface area contributed by atoms with Crippen LogP contribution in [0.15, 0.2) is 77.9 Å². The topological polar surface area (TPSA) is 45.1 Å². The molecular formula is C27H29N3O2. The zero-order chi connectivity index (χ0) is 22.7. The standard InChI is InChI=1S/C27H29N3O2/c1-19-14-15-22(20(2)16-19)24-17-25(23-12-8-9-13-26(23)32-4)30(28-24)27(31)18-29(3)21-10-6-5-7-11-21/h5-16,25H,17-18H2,1-4H3. The molecule has 0 radical (unpaired) electrons. The first-order valence-electron chi connectivity index (χ1n) is 10.8. The van der Waals surface area contributed by atoms with Crippen LogP contribution in [0.2, 0.25) is 0 Å². The van der Waals surface area contributed by atoms with Crippen LogP contribution in [-0.4, -0.2) is 37.3 Å². The van der Waals surface area contributed by atoms with Crippen molar-refractivity contribution in [2.24, 2.45) is 5.10 Å². The minimum atomic E-state index is -0.210. The van der Waals surface area contributed by atoms with Gasteiger partial charge < -0.3 is 9.64 Å². The second kappa shape index (κ2) is 9.27. The Morgan fingerprint density at radius 1 is 1.06 bits per heavy atom. The Hall–Kier alpha value is -3.60. The van der Waals surface area contributed by atoms with Crippen LogP contribution >= 0.6 is 0 Å². The number of likely N-dealkylation sites (N-methyl/N-ethyl adjacent to an activating group) is 1. The van der Waals surface area contributed by atoms with Crippen LogP contribution in [0.1, 0.15) is 34.7 Å². The molecule has 32 heavy (non-hydrogen) atoms. The smallest absolute Gasteiger partial charge is 0.262 e. The van der Waals surface area contributed by atoms with E-state index in [1.807, 2.05) is 66.5 Å². The average molecular weight is 428 g/mol. The van der Waals surface area contributed by atoms with Gasteiger partial charge in [-0.2, -0.15) is 5.10 Å². The van der Waals surface area contributed by atoms with Crippen LogP contribution in [0, 0.1) is 13.8 Å². The molecule has 3 aromatic carbocycles. The molecule has 1 heterocycles. The number of ether oxygens (including phenoxy) is 1. The first-order chi connectivity index (χ1) is 15.5. The maximum atomic E-state index is 13.5. The molecule has 1 atom stereocenters. The van der Waals surface area contributed by atoms with Gasteiger partial charge >= 0.3 is 0 Å². The third-order valence-corrected chi connectivity index (χ3v) is 5.93. The normalized spacial score (nSPS) is 15.4. The van der Waals surface area contributed by atoms with Crippen molar-refractivity contribution in [2.75, 3.05) is 25.6 Å². The summed E-state index contributed by atoms with van der Waals surface area (Å²) in [4.78, 5) is 15.4. The first kappa shape index (κ1) is 21.6. The Labute approximate surface area is 189 Å². The zero-order valence-corrected chi connectivity index (χ0v) is 19.1. The predicted octanol–water partition coefficient (Wildman–Crippen LogP) is 5.13. The van der Waals surface area contributed by atoms with Crippen molar-refractivity contribution in [2.45, 2.75) is 26.3 Å². The minimum absolute atomic E-state index is 0.0491. The van der Waals surface area contributed by atoms with Gasteiger partial charge in [0, 0.05) is 30.3 Å². The summed E-state index contributed by atoms with van der Waals surface area (Å²) in [5, 5.41) is 6.49. The second-order valence-electron chi connectivity index (χ2n) is 8.26. The molecule has 164 valence electrons. The molecule has 4 rings (SSSR count). The van der Waals surface area contributed by atoms with Crippen molar-refractivity contribution in [1.82, 2.24) is 5.01 Å². The van der Waals surface area contributed by atoms with Gasteiger partial charge in [0.25, 0.3) is 5.91 Å². The van der Waals surface area contributed by atoms with Crippen LogP contribution in [0.4, 0.5) is 5.69 Å². The van der Waals surface area contributed by atoms with Crippen LogP contribution in [0.3, 0.4) is 0 Å². The average Bonchev–Trinajstić information content (AvgIpc) is 3.24. The quantitative estimate of drug-likeness (QED) is 0.548. The van der Waals surface area contributed by atoms with Crippen LogP contribution in [-0.2, 0) is 4.79 Å². The van der Waals surface area contributed by atoms with E-state index < -0.39 is 0 Å². The molecular weight excluding hydrogens is 398 g/mol. The highest BCUT2D eigenvalue weighted by Crippen LogP contribution is 2.38. The van der Waals surface area contributed by atoms with E-state index in [2.05, 4.69) is 32.0 Å². The molecule has 0 aliphatic carbocycles. The van der Waals surface area contributed by atoms with Crippen LogP contribution < -0.4 is 9.64 Å². The Bertz CT molecular complexity index is 1140. The van der Waals surface area contributed by atoms with E-state index >= 15 is 0 Å². The number of hydrazone groups is 1. The molecule has 1 aliphatic heterocycles. The maximum absolute atomic E-state index is 13.5. The van der Waals surface area contributed by atoms with E-state index in [0.717, 1.165) is 28.3 Å². The predicted molar refractivity (Wildman–Crippen MR) is 129 cm³/mol. The molecule has 5 nitrogen and oxygen atoms in total. The lowest BCUT2D eigenvalue weighted by Crippen LogP contribution is -2.36. The Kier molecular flexibility index (Phi) is 6.26. The van der Waals surface area contributed by atoms with E-state index in [0.29, 0.717) is 6.42 Å². The lowest BCUT2D eigenvalue weighted by molar-refractivity contribution is -0.131. The fraction of sp³-hybridized carbons (Fsp3) is 0.259. The molecule has 0 N–H and O–H groups in total. The number of hydrogen-bond donors (Lipinski definition) is 0. The third-order valence-electron chi connectivity index (χ3n) is 5.93. The van der Waals surface area contributed by atoms with E-state index in [1.54, 1.807) is 12.1 Å². The summed E-state index contributed by atoms with van der Waals surface area (Å²) in [6.07, 6.45) is 0.644. The number of nitrogens with zero attached hydrogens (tertiary/aromatic N) is 3. The van der Waals surface area contributed by atoms with Crippen molar-refractivity contribution in [3.63, 3.8) is 0 Å².